The van der Waals surface area contributed by atoms with Gasteiger partial charge in [0.2, 0.25) is 0 Å². The van der Waals surface area contributed by atoms with E-state index in [4.69, 9.17) is 0 Å². The van der Waals surface area contributed by atoms with E-state index >= 15 is 0 Å². The first-order chi connectivity index (χ1) is 7.75. The van der Waals surface area contributed by atoms with Gasteiger partial charge in [-0.3, -0.25) is 0 Å². The summed E-state index contributed by atoms with van der Waals surface area (Å²) in [4.78, 5) is 0. The Morgan fingerprint density at radius 1 is 1.00 bits per heavy atom. The third-order valence-corrected chi connectivity index (χ3v) is 2.80. The zero-order chi connectivity index (χ0) is 11.4. The molecule has 1 atom stereocenters. The number of rotatable bonds is 3. The zero-order valence-electron chi connectivity index (χ0n) is 9.36. The molecule has 0 aliphatic carbocycles. The van der Waals surface area contributed by atoms with Crippen LogP contribution in [0, 0.1) is 5.82 Å². The van der Waals surface area contributed by atoms with Gasteiger partial charge in [-0.25, -0.2) is 4.39 Å². The van der Waals surface area contributed by atoms with Gasteiger partial charge in [-0.2, -0.15) is 0 Å². The molecule has 0 nitrogen and oxygen atoms in total. The van der Waals surface area contributed by atoms with Crippen molar-refractivity contribution in [2.24, 2.45) is 0 Å². The van der Waals surface area contributed by atoms with Crippen LogP contribution in [-0.4, -0.2) is 0 Å². The molecule has 2 aromatic carbocycles. The monoisotopic (exact) mass is 214 g/mol. The molecule has 82 valence electrons. The molecule has 1 heteroatoms. The minimum atomic E-state index is -0.155. The van der Waals surface area contributed by atoms with E-state index < -0.39 is 0 Å². The average Bonchev–Trinajstić information content (AvgIpc) is 2.30. The van der Waals surface area contributed by atoms with Gasteiger partial charge in [-0.05, 0) is 35.6 Å². The fourth-order valence-electron chi connectivity index (χ4n) is 1.92. The van der Waals surface area contributed by atoms with Crippen LogP contribution >= 0.6 is 0 Å². The molecule has 0 aliphatic heterocycles. The van der Waals surface area contributed by atoms with Crippen LogP contribution in [-0.2, 0) is 6.42 Å². The topological polar surface area (TPSA) is 0 Å². The lowest BCUT2D eigenvalue weighted by atomic mass is 9.94. The Morgan fingerprint density at radius 2 is 1.75 bits per heavy atom. The van der Waals surface area contributed by atoms with E-state index in [1.807, 2.05) is 24.3 Å². The predicted molar refractivity (Wildman–Crippen MR) is 65.0 cm³/mol. The molecule has 0 amide bonds. The molecule has 2 aromatic rings. The van der Waals surface area contributed by atoms with Crippen molar-refractivity contribution < 1.29 is 4.39 Å². The van der Waals surface area contributed by atoms with Gasteiger partial charge in [0, 0.05) is 0 Å². The van der Waals surface area contributed by atoms with E-state index in [2.05, 4.69) is 19.1 Å². The molecular formula is C15H15F. The van der Waals surface area contributed by atoms with Crippen molar-refractivity contribution in [3.8, 4) is 0 Å². The highest BCUT2D eigenvalue weighted by Crippen LogP contribution is 2.20. The van der Waals surface area contributed by atoms with Gasteiger partial charge in [-0.15, -0.1) is 0 Å². The van der Waals surface area contributed by atoms with Crippen LogP contribution in [0.1, 0.15) is 24.0 Å². The van der Waals surface area contributed by atoms with Gasteiger partial charge in [0.05, 0.1) is 0 Å². The van der Waals surface area contributed by atoms with Crippen molar-refractivity contribution in [3.05, 3.63) is 71.5 Å². The molecule has 0 spiro atoms. The van der Waals surface area contributed by atoms with Gasteiger partial charge < -0.3 is 0 Å². The van der Waals surface area contributed by atoms with Gasteiger partial charge in [-0.1, -0.05) is 49.4 Å². The lowest BCUT2D eigenvalue weighted by molar-refractivity contribution is 0.623. The van der Waals surface area contributed by atoms with E-state index in [-0.39, 0.29) is 5.82 Å². The van der Waals surface area contributed by atoms with Crippen LogP contribution in [0.15, 0.2) is 54.6 Å². The van der Waals surface area contributed by atoms with Crippen molar-refractivity contribution in [3.63, 3.8) is 0 Å². The number of benzene rings is 2. The van der Waals surface area contributed by atoms with Gasteiger partial charge >= 0.3 is 0 Å². The van der Waals surface area contributed by atoms with Crippen molar-refractivity contribution in [1.82, 2.24) is 0 Å². The second-order valence-corrected chi connectivity index (χ2v) is 4.15. The molecule has 2 rings (SSSR count). The van der Waals surface area contributed by atoms with E-state index in [1.165, 1.54) is 11.6 Å². The Kier molecular flexibility index (Phi) is 3.35. The van der Waals surface area contributed by atoms with Gasteiger partial charge in [0.25, 0.3) is 0 Å². The summed E-state index contributed by atoms with van der Waals surface area (Å²) in [6.45, 7) is 2.17. The Bertz CT molecular complexity index is 448. The second-order valence-electron chi connectivity index (χ2n) is 4.15. The van der Waals surface area contributed by atoms with E-state index in [1.54, 1.807) is 12.1 Å². The maximum Gasteiger partial charge on any atom is 0.123 e. The summed E-state index contributed by atoms with van der Waals surface area (Å²) in [6, 6.07) is 17.2. The quantitative estimate of drug-likeness (QED) is 0.719. The third-order valence-electron chi connectivity index (χ3n) is 2.80. The Labute approximate surface area is 95.7 Å². The van der Waals surface area contributed by atoms with Crippen molar-refractivity contribution in [2.75, 3.05) is 0 Å². The highest BCUT2D eigenvalue weighted by atomic mass is 19.1. The Morgan fingerprint density at radius 3 is 2.44 bits per heavy atom. The lowest BCUT2D eigenvalue weighted by Crippen LogP contribution is -1.98. The van der Waals surface area contributed by atoms with E-state index in [0.717, 1.165) is 12.0 Å². The summed E-state index contributed by atoms with van der Waals surface area (Å²) >= 11 is 0. The molecule has 16 heavy (non-hydrogen) atoms. The number of hydrogen-bond acceptors (Lipinski definition) is 0. The van der Waals surface area contributed by atoms with Gasteiger partial charge in [0.15, 0.2) is 0 Å². The van der Waals surface area contributed by atoms with Crippen LogP contribution in [0.4, 0.5) is 4.39 Å². The number of hydrogen-bond donors (Lipinski definition) is 0. The summed E-state index contributed by atoms with van der Waals surface area (Å²) in [7, 11) is 0. The van der Waals surface area contributed by atoms with E-state index in [9.17, 15) is 4.39 Å². The highest BCUT2D eigenvalue weighted by Gasteiger charge is 2.06. The first kappa shape index (κ1) is 10.9. The van der Waals surface area contributed by atoms with Gasteiger partial charge in [0.1, 0.15) is 5.82 Å². The summed E-state index contributed by atoms with van der Waals surface area (Å²) in [5, 5.41) is 0. The summed E-state index contributed by atoms with van der Waals surface area (Å²) in [5.41, 5.74) is 2.35. The maximum atomic E-state index is 13.0. The smallest absolute Gasteiger partial charge is 0.123 e. The Balaban J connectivity index is 2.11. The summed E-state index contributed by atoms with van der Waals surface area (Å²) in [5.74, 6) is 0.265. The predicted octanol–water partition coefficient (Wildman–Crippen LogP) is 4.17. The van der Waals surface area contributed by atoms with Crippen molar-refractivity contribution >= 4 is 0 Å². The van der Waals surface area contributed by atoms with E-state index in [0.29, 0.717) is 5.92 Å². The highest BCUT2D eigenvalue weighted by molar-refractivity contribution is 5.23. The average molecular weight is 214 g/mol. The normalized spacial score (nSPS) is 12.4. The van der Waals surface area contributed by atoms with Crippen LogP contribution < -0.4 is 0 Å². The zero-order valence-corrected chi connectivity index (χ0v) is 9.36. The molecule has 0 fully saturated rings. The summed E-state index contributed by atoms with van der Waals surface area (Å²) in [6.07, 6.45) is 0.877. The Hall–Kier alpha value is -1.63. The van der Waals surface area contributed by atoms with Crippen molar-refractivity contribution in [2.45, 2.75) is 19.3 Å². The number of halogens is 1. The molecule has 1 unspecified atom stereocenters. The molecule has 0 radical (unpaired) electrons. The maximum absolute atomic E-state index is 13.0. The first-order valence-corrected chi connectivity index (χ1v) is 5.55. The SMILES string of the molecule is CC(Cc1cccc(F)c1)c1ccccc1. The van der Waals surface area contributed by atoms with Crippen LogP contribution in [0.3, 0.4) is 0 Å². The molecular weight excluding hydrogens is 199 g/mol. The van der Waals surface area contributed by atoms with Crippen molar-refractivity contribution in [1.29, 1.82) is 0 Å². The first-order valence-electron chi connectivity index (χ1n) is 5.55. The molecule has 0 saturated heterocycles. The fraction of sp³-hybridized carbons (Fsp3) is 0.200. The molecule has 0 aromatic heterocycles. The standard InChI is InChI=1S/C15H15F/c1-12(14-7-3-2-4-8-14)10-13-6-5-9-15(16)11-13/h2-9,11-12H,10H2,1H3. The molecule has 0 saturated carbocycles. The third kappa shape index (κ3) is 2.69. The summed E-state index contributed by atoms with van der Waals surface area (Å²) < 4.78 is 13.0. The molecule has 0 N–H and O–H groups in total. The minimum absolute atomic E-state index is 0.155. The minimum Gasteiger partial charge on any atom is -0.207 e. The van der Waals surface area contributed by atoms with Crippen LogP contribution in [0.5, 0.6) is 0 Å². The molecule has 0 bridgehead atoms. The lowest BCUT2D eigenvalue weighted by Gasteiger charge is -2.11. The largest absolute Gasteiger partial charge is 0.207 e. The molecule has 0 aliphatic rings. The second kappa shape index (κ2) is 4.93. The van der Waals surface area contributed by atoms with Crippen LogP contribution in [0.25, 0.3) is 0 Å². The molecule has 0 heterocycles. The fourth-order valence-corrected chi connectivity index (χ4v) is 1.92. The van der Waals surface area contributed by atoms with Crippen LogP contribution in [0.2, 0.25) is 0 Å².